The fourth-order valence-corrected chi connectivity index (χ4v) is 1.43. The summed E-state index contributed by atoms with van der Waals surface area (Å²) in [5.74, 6) is -0.412. The predicted molar refractivity (Wildman–Crippen MR) is 55.4 cm³/mol. The number of ether oxygens (including phenoxy) is 1. The fraction of sp³-hybridized carbons (Fsp3) is 0.417. The van der Waals surface area contributed by atoms with E-state index in [4.69, 9.17) is 10.00 Å². The smallest absolute Gasteiger partial charge is 0.166 e. The van der Waals surface area contributed by atoms with Gasteiger partial charge in [0.25, 0.3) is 0 Å². The molecular weight excluding hydrogens is 209 g/mol. The van der Waals surface area contributed by atoms with E-state index in [1.165, 1.54) is 12.1 Å². The van der Waals surface area contributed by atoms with Gasteiger partial charge in [0.15, 0.2) is 11.6 Å². The van der Waals surface area contributed by atoms with Gasteiger partial charge in [-0.3, -0.25) is 0 Å². The second kappa shape index (κ2) is 4.11. The van der Waals surface area contributed by atoms with Gasteiger partial charge in [0.05, 0.1) is 23.8 Å². The Balaban J connectivity index is 1.91. The van der Waals surface area contributed by atoms with E-state index >= 15 is 0 Å². The van der Waals surface area contributed by atoms with Gasteiger partial charge in [-0.05, 0) is 31.0 Å². The van der Waals surface area contributed by atoms with Crippen LogP contribution in [0.3, 0.4) is 0 Å². The van der Waals surface area contributed by atoms with Gasteiger partial charge in [0.2, 0.25) is 0 Å². The van der Waals surface area contributed by atoms with Crippen molar-refractivity contribution in [2.75, 3.05) is 6.61 Å². The zero-order chi connectivity index (χ0) is 11.6. The van der Waals surface area contributed by atoms with E-state index in [0.717, 1.165) is 18.9 Å². The molecule has 0 saturated heterocycles. The SMILES string of the molecule is N#Cc1ccc(OCCC2(O)CC2)c(F)c1. The Morgan fingerprint density at radius 3 is 2.81 bits per heavy atom. The lowest BCUT2D eigenvalue weighted by Gasteiger charge is -2.10. The third kappa shape index (κ3) is 2.50. The molecular formula is C12H12FNO2. The van der Waals surface area contributed by atoms with Crippen LogP contribution in [0.25, 0.3) is 0 Å². The molecule has 1 saturated carbocycles. The highest BCUT2D eigenvalue weighted by molar-refractivity contribution is 5.35. The molecule has 1 aromatic carbocycles. The Bertz CT molecular complexity index is 435. The number of rotatable bonds is 4. The maximum Gasteiger partial charge on any atom is 0.166 e. The van der Waals surface area contributed by atoms with Crippen molar-refractivity contribution in [3.05, 3.63) is 29.6 Å². The van der Waals surface area contributed by atoms with E-state index in [1.807, 2.05) is 6.07 Å². The number of nitriles is 1. The molecule has 1 aromatic rings. The third-order valence-electron chi connectivity index (χ3n) is 2.71. The van der Waals surface area contributed by atoms with Crippen molar-refractivity contribution in [3.8, 4) is 11.8 Å². The highest BCUT2D eigenvalue weighted by Gasteiger charge is 2.39. The van der Waals surface area contributed by atoms with Gasteiger partial charge in [-0.1, -0.05) is 0 Å². The van der Waals surface area contributed by atoms with Crippen LogP contribution in [0.1, 0.15) is 24.8 Å². The van der Waals surface area contributed by atoms with Crippen LogP contribution >= 0.6 is 0 Å². The lowest BCUT2D eigenvalue weighted by atomic mass is 10.2. The molecule has 84 valence electrons. The van der Waals surface area contributed by atoms with Crippen LogP contribution in [-0.4, -0.2) is 17.3 Å². The van der Waals surface area contributed by atoms with Gasteiger partial charge >= 0.3 is 0 Å². The van der Waals surface area contributed by atoms with Crippen molar-refractivity contribution in [1.29, 1.82) is 5.26 Å². The second-order valence-corrected chi connectivity index (χ2v) is 4.08. The van der Waals surface area contributed by atoms with Crippen LogP contribution in [0, 0.1) is 17.1 Å². The van der Waals surface area contributed by atoms with Crippen LogP contribution in [0.15, 0.2) is 18.2 Å². The summed E-state index contributed by atoms with van der Waals surface area (Å²) in [6.45, 7) is 0.291. The van der Waals surface area contributed by atoms with E-state index in [1.54, 1.807) is 0 Å². The Morgan fingerprint density at radius 1 is 1.50 bits per heavy atom. The number of halogens is 1. The maximum absolute atomic E-state index is 13.3. The zero-order valence-corrected chi connectivity index (χ0v) is 8.74. The average Bonchev–Trinajstić information content (AvgIpc) is 2.99. The van der Waals surface area contributed by atoms with Gasteiger partial charge in [-0.2, -0.15) is 5.26 Å². The first-order valence-corrected chi connectivity index (χ1v) is 5.18. The summed E-state index contributed by atoms with van der Waals surface area (Å²) in [5, 5.41) is 18.1. The summed E-state index contributed by atoms with van der Waals surface area (Å²) in [6.07, 6.45) is 2.12. The Labute approximate surface area is 93.1 Å². The van der Waals surface area contributed by atoms with E-state index in [9.17, 15) is 9.50 Å². The van der Waals surface area contributed by atoms with Gasteiger partial charge in [-0.15, -0.1) is 0 Å². The van der Waals surface area contributed by atoms with Crippen LogP contribution in [0.4, 0.5) is 4.39 Å². The van der Waals surface area contributed by atoms with E-state index in [-0.39, 0.29) is 11.3 Å². The van der Waals surface area contributed by atoms with E-state index < -0.39 is 11.4 Å². The summed E-state index contributed by atoms with van der Waals surface area (Å²) in [4.78, 5) is 0. The number of aliphatic hydroxyl groups is 1. The molecule has 0 unspecified atom stereocenters. The Hall–Kier alpha value is -1.60. The average molecular weight is 221 g/mol. The quantitative estimate of drug-likeness (QED) is 0.845. The molecule has 0 amide bonds. The first-order chi connectivity index (χ1) is 7.63. The Morgan fingerprint density at radius 2 is 2.25 bits per heavy atom. The first kappa shape index (κ1) is 10.9. The topological polar surface area (TPSA) is 53.2 Å². The first-order valence-electron chi connectivity index (χ1n) is 5.18. The van der Waals surface area contributed by atoms with Crippen molar-refractivity contribution >= 4 is 0 Å². The molecule has 0 aromatic heterocycles. The monoisotopic (exact) mass is 221 g/mol. The van der Waals surface area contributed by atoms with Crippen LogP contribution in [0.5, 0.6) is 5.75 Å². The van der Waals surface area contributed by atoms with Crippen molar-refractivity contribution in [2.45, 2.75) is 24.9 Å². The number of hydrogen-bond acceptors (Lipinski definition) is 3. The van der Waals surface area contributed by atoms with Gasteiger partial charge in [-0.25, -0.2) is 4.39 Å². The Kier molecular flexibility index (Phi) is 2.80. The normalized spacial score (nSPS) is 16.6. The van der Waals surface area contributed by atoms with Crippen molar-refractivity contribution in [3.63, 3.8) is 0 Å². The van der Waals surface area contributed by atoms with Crippen molar-refractivity contribution in [2.24, 2.45) is 0 Å². The maximum atomic E-state index is 13.3. The van der Waals surface area contributed by atoms with E-state index in [0.29, 0.717) is 13.0 Å². The minimum Gasteiger partial charge on any atom is -0.490 e. The molecule has 16 heavy (non-hydrogen) atoms. The highest BCUT2D eigenvalue weighted by atomic mass is 19.1. The molecule has 1 N–H and O–H groups in total. The van der Waals surface area contributed by atoms with Gasteiger partial charge < -0.3 is 9.84 Å². The standard InChI is InChI=1S/C12H12FNO2/c13-10-7-9(8-14)1-2-11(10)16-6-5-12(15)3-4-12/h1-2,7,15H,3-6H2. The summed E-state index contributed by atoms with van der Waals surface area (Å²) in [5.41, 5.74) is -0.311. The molecule has 0 bridgehead atoms. The minimum atomic E-state index is -0.580. The lowest BCUT2D eigenvalue weighted by molar-refractivity contribution is 0.116. The molecule has 0 aliphatic heterocycles. The molecule has 0 atom stereocenters. The van der Waals surface area contributed by atoms with Crippen LogP contribution in [0.2, 0.25) is 0 Å². The molecule has 1 aliphatic carbocycles. The van der Waals surface area contributed by atoms with Gasteiger partial charge in [0.1, 0.15) is 0 Å². The predicted octanol–water partition coefficient (Wildman–Crippen LogP) is 1.99. The van der Waals surface area contributed by atoms with Crippen molar-refractivity contribution < 1.29 is 14.2 Å². The fourth-order valence-electron chi connectivity index (χ4n) is 1.43. The zero-order valence-electron chi connectivity index (χ0n) is 8.74. The summed E-state index contributed by atoms with van der Waals surface area (Å²) >= 11 is 0. The number of nitrogens with zero attached hydrogens (tertiary/aromatic N) is 1. The number of hydrogen-bond donors (Lipinski definition) is 1. The molecule has 0 radical (unpaired) electrons. The molecule has 1 fully saturated rings. The number of benzene rings is 1. The molecule has 2 rings (SSSR count). The highest BCUT2D eigenvalue weighted by Crippen LogP contribution is 2.38. The van der Waals surface area contributed by atoms with E-state index in [2.05, 4.69) is 0 Å². The van der Waals surface area contributed by atoms with Crippen LogP contribution in [-0.2, 0) is 0 Å². The summed E-state index contributed by atoms with van der Waals surface area (Å²) < 4.78 is 18.5. The summed E-state index contributed by atoms with van der Waals surface area (Å²) in [7, 11) is 0. The molecule has 4 heteroatoms. The molecule has 0 spiro atoms. The molecule has 0 heterocycles. The largest absolute Gasteiger partial charge is 0.490 e. The molecule has 1 aliphatic rings. The van der Waals surface area contributed by atoms with Gasteiger partial charge in [0, 0.05) is 6.42 Å². The molecule has 3 nitrogen and oxygen atoms in total. The summed E-state index contributed by atoms with van der Waals surface area (Å²) in [6, 6.07) is 5.93. The van der Waals surface area contributed by atoms with Crippen LogP contribution < -0.4 is 4.74 Å². The lowest BCUT2D eigenvalue weighted by Crippen LogP contribution is -2.12. The third-order valence-corrected chi connectivity index (χ3v) is 2.71. The minimum absolute atomic E-state index is 0.128. The van der Waals surface area contributed by atoms with Crippen molar-refractivity contribution in [1.82, 2.24) is 0 Å². The second-order valence-electron chi connectivity index (χ2n) is 4.08.